The average Bonchev–Trinajstić information content (AvgIpc) is 3.28. The van der Waals surface area contributed by atoms with Crippen LogP contribution in [0.1, 0.15) is 60.2 Å². The number of rotatable bonds is 11. The van der Waals surface area contributed by atoms with E-state index < -0.39 is 29.8 Å². The molecule has 10 nitrogen and oxygen atoms in total. The maximum Gasteiger partial charge on any atom is 0.407 e. The monoisotopic (exact) mass is 587 g/mol. The van der Waals surface area contributed by atoms with Crippen LogP contribution in [0.3, 0.4) is 0 Å². The third-order valence-corrected chi connectivity index (χ3v) is 6.87. The molecule has 3 aromatic rings. The van der Waals surface area contributed by atoms with Gasteiger partial charge in [-0.3, -0.25) is 4.79 Å². The number of carbonyl (C=O) groups is 4. The second-order valence-corrected chi connectivity index (χ2v) is 11.3. The number of hydrogen-bond donors (Lipinski definition) is 4. The fraction of sp³-hybridized carbons (Fsp3) is 0.333. The molecule has 1 aliphatic carbocycles. The van der Waals surface area contributed by atoms with E-state index in [4.69, 9.17) is 9.47 Å². The van der Waals surface area contributed by atoms with E-state index in [1.165, 1.54) is 0 Å². The van der Waals surface area contributed by atoms with Gasteiger partial charge in [0.05, 0.1) is 0 Å². The van der Waals surface area contributed by atoms with Crippen LogP contribution >= 0.6 is 0 Å². The molecular formula is C33H37N3O7. The summed E-state index contributed by atoms with van der Waals surface area (Å²) in [6.45, 7) is 6.04. The highest BCUT2D eigenvalue weighted by atomic mass is 16.6. The third-order valence-electron chi connectivity index (χ3n) is 6.87. The normalized spacial score (nSPS) is 12.8. The SMILES string of the molecule is CC(C)(C)OC(=O)NCCCNC(=O)c1cccc(CC(NC(=O)OCC2c3ccccc3-c3ccccc32)C(=O)O)c1. The fourth-order valence-corrected chi connectivity index (χ4v) is 4.95. The average molecular weight is 588 g/mol. The summed E-state index contributed by atoms with van der Waals surface area (Å²) in [4.78, 5) is 49.0. The van der Waals surface area contributed by atoms with Gasteiger partial charge in [-0.15, -0.1) is 0 Å². The summed E-state index contributed by atoms with van der Waals surface area (Å²) in [5.74, 6) is -1.71. The Hall–Kier alpha value is -4.86. The molecule has 3 amide bonds. The van der Waals surface area contributed by atoms with Gasteiger partial charge in [0.15, 0.2) is 0 Å². The lowest BCUT2D eigenvalue weighted by Crippen LogP contribution is -2.43. The minimum absolute atomic E-state index is 0.0412. The van der Waals surface area contributed by atoms with Crippen molar-refractivity contribution in [1.29, 1.82) is 0 Å². The summed E-state index contributed by atoms with van der Waals surface area (Å²) in [7, 11) is 0. The Bertz CT molecular complexity index is 1440. The van der Waals surface area contributed by atoms with Crippen molar-refractivity contribution < 1.29 is 33.8 Å². The second kappa shape index (κ2) is 13.9. The number of ether oxygens (including phenoxy) is 2. The van der Waals surface area contributed by atoms with Crippen molar-refractivity contribution in [3.05, 3.63) is 95.1 Å². The Morgan fingerprint density at radius 1 is 0.837 bits per heavy atom. The summed E-state index contributed by atoms with van der Waals surface area (Å²) in [5, 5.41) is 17.6. The molecule has 0 radical (unpaired) electrons. The smallest absolute Gasteiger partial charge is 0.407 e. The van der Waals surface area contributed by atoms with E-state index in [0.717, 1.165) is 22.3 Å². The number of nitrogens with one attached hydrogen (secondary N) is 3. The molecule has 3 aromatic carbocycles. The largest absolute Gasteiger partial charge is 0.480 e. The van der Waals surface area contributed by atoms with Gasteiger partial charge in [-0.2, -0.15) is 0 Å². The Morgan fingerprint density at radius 2 is 1.47 bits per heavy atom. The van der Waals surface area contributed by atoms with Gasteiger partial charge in [0.2, 0.25) is 0 Å². The van der Waals surface area contributed by atoms with Gasteiger partial charge in [-0.25, -0.2) is 14.4 Å². The molecule has 0 heterocycles. The molecule has 1 atom stereocenters. The van der Waals surface area contributed by atoms with Gasteiger partial charge in [0.25, 0.3) is 5.91 Å². The zero-order chi connectivity index (χ0) is 31.0. The Morgan fingerprint density at radius 3 is 2.09 bits per heavy atom. The molecule has 0 fully saturated rings. The van der Waals surface area contributed by atoms with Crippen molar-refractivity contribution in [3.63, 3.8) is 0 Å². The molecule has 0 aliphatic heterocycles. The quantitative estimate of drug-likeness (QED) is 0.235. The Balaban J connectivity index is 1.27. The first-order chi connectivity index (χ1) is 20.5. The second-order valence-electron chi connectivity index (χ2n) is 11.3. The molecule has 0 saturated heterocycles. The number of carbonyl (C=O) groups excluding carboxylic acids is 3. The molecular weight excluding hydrogens is 550 g/mol. The third kappa shape index (κ3) is 8.57. The lowest BCUT2D eigenvalue weighted by Gasteiger charge is -2.19. The van der Waals surface area contributed by atoms with Crippen LogP contribution in [-0.2, 0) is 20.7 Å². The first kappa shape index (κ1) is 31.1. The van der Waals surface area contributed by atoms with Gasteiger partial charge in [-0.1, -0.05) is 60.7 Å². The van der Waals surface area contributed by atoms with Crippen molar-refractivity contribution in [2.75, 3.05) is 19.7 Å². The van der Waals surface area contributed by atoms with Crippen molar-refractivity contribution in [2.24, 2.45) is 0 Å². The number of carboxylic acids is 1. The fourth-order valence-electron chi connectivity index (χ4n) is 4.95. The van der Waals surface area contributed by atoms with Crippen LogP contribution in [0.5, 0.6) is 0 Å². The maximum absolute atomic E-state index is 12.7. The van der Waals surface area contributed by atoms with Gasteiger partial charge < -0.3 is 30.5 Å². The zero-order valence-corrected chi connectivity index (χ0v) is 24.5. The summed E-state index contributed by atoms with van der Waals surface area (Å²) < 4.78 is 10.7. The van der Waals surface area contributed by atoms with Crippen LogP contribution in [0, 0.1) is 0 Å². The molecule has 10 heteroatoms. The zero-order valence-electron chi connectivity index (χ0n) is 24.5. The van der Waals surface area contributed by atoms with Crippen molar-refractivity contribution >= 4 is 24.1 Å². The van der Waals surface area contributed by atoms with Gasteiger partial charge in [-0.05, 0) is 67.1 Å². The minimum Gasteiger partial charge on any atom is -0.480 e. The lowest BCUT2D eigenvalue weighted by molar-refractivity contribution is -0.139. The Labute approximate surface area is 250 Å². The first-order valence-corrected chi connectivity index (χ1v) is 14.2. The van der Waals surface area contributed by atoms with Crippen molar-refractivity contribution in [2.45, 2.75) is 51.2 Å². The highest BCUT2D eigenvalue weighted by Gasteiger charge is 2.30. The van der Waals surface area contributed by atoms with Crippen molar-refractivity contribution in [1.82, 2.24) is 16.0 Å². The van der Waals surface area contributed by atoms with E-state index in [2.05, 4.69) is 16.0 Å². The highest BCUT2D eigenvalue weighted by Crippen LogP contribution is 2.44. The van der Waals surface area contributed by atoms with E-state index in [-0.39, 0.29) is 24.9 Å². The number of alkyl carbamates (subject to hydrolysis) is 2. The maximum atomic E-state index is 12.7. The molecule has 4 N–H and O–H groups in total. The number of carboxylic acid groups (broad SMARTS) is 1. The highest BCUT2D eigenvalue weighted by molar-refractivity contribution is 5.94. The number of benzene rings is 3. The van der Waals surface area contributed by atoms with E-state index in [1.807, 2.05) is 48.5 Å². The summed E-state index contributed by atoms with van der Waals surface area (Å²) >= 11 is 0. The predicted octanol–water partition coefficient (Wildman–Crippen LogP) is 4.87. The summed E-state index contributed by atoms with van der Waals surface area (Å²) in [5.41, 5.74) is 4.62. The van der Waals surface area contributed by atoms with Crippen LogP contribution < -0.4 is 16.0 Å². The molecule has 0 spiro atoms. The van der Waals surface area contributed by atoms with Gasteiger partial charge >= 0.3 is 18.2 Å². The number of amides is 3. The molecule has 0 aromatic heterocycles. The Kier molecular flexibility index (Phi) is 10.0. The van der Waals surface area contributed by atoms with E-state index >= 15 is 0 Å². The summed E-state index contributed by atoms with van der Waals surface area (Å²) in [6.07, 6.45) is -0.898. The van der Waals surface area contributed by atoms with E-state index in [0.29, 0.717) is 30.6 Å². The van der Waals surface area contributed by atoms with Crippen LogP contribution in [0.25, 0.3) is 11.1 Å². The molecule has 1 unspecified atom stereocenters. The van der Waals surface area contributed by atoms with Crippen LogP contribution in [-0.4, -0.2) is 60.5 Å². The van der Waals surface area contributed by atoms with Gasteiger partial charge in [0, 0.05) is 31.0 Å². The first-order valence-electron chi connectivity index (χ1n) is 14.2. The van der Waals surface area contributed by atoms with Crippen molar-refractivity contribution in [3.8, 4) is 11.1 Å². The van der Waals surface area contributed by atoms with Crippen LogP contribution in [0.15, 0.2) is 72.8 Å². The predicted molar refractivity (Wildman–Crippen MR) is 161 cm³/mol. The van der Waals surface area contributed by atoms with Crippen LogP contribution in [0.2, 0.25) is 0 Å². The molecule has 1 aliphatic rings. The summed E-state index contributed by atoms with van der Waals surface area (Å²) in [6, 6.07) is 21.2. The van der Waals surface area contributed by atoms with Crippen LogP contribution in [0.4, 0.5) is 9.59 Å². The number of aliphatic carboxylic acids is 1. The minimum atomic E-state index is -1.26. The molecule has 0 bridgehead atoms. The van der Waals surface area contributed by atoms with E-state index in [9.17, 15) is 24.3 Å². The topological polar surface area (TPSA) is 143 Å². The standard InChI is InChI=1S/C33H37N3O7/c1-33(2,3)43-31(40)35-17-9-16-34-29(37)22-11-8-10-21(18-22)19-28(30(38)39)36-32(41)42-20-27-25-14-6-4-12-23(25)24-13-5-7-15-26(24)27/h4-8,10-15,18,27-28H,9,16-17,19-20H2,1-3H3,(H,34,37)(H,35,40)(H,36,41)(H,38,39). The van der Waals surface area contributed by atoms with Gasteiger partial charge in [0.1, 0.15) is 18.2 Å². The number of fused-ring (bicyclic) bond motifs is 3. The molecule has 226 valence electrons. The molecule has 4 rings (SSSR count). The lowest BCUT2D eigenvalue weighted by atomic mass is 9.98. The molecule has 0 saturated carbocycles. The van der Waals surface area contributed by atoms with E-state index in [1.54, 1.807) is 45.0 Å². The molecule has 43 heavy (non-hydrogen) atoms. The number of hydrogen-bond acceptors (Lipinski definition) is 6.